The van der Waals surface area contributed by atoms with E-state index in [4.69, 9.17) is 4.74 Å². The van der Waals surface area contributed by atoms with Gasteiger partial charge in [0, 0.05) is 17.8 Å². The number of aromatic nitrogens is 1. The summed E-state index contributed by atoms with van der Waals surface area (Å²) in [5.74, 6) is 0.866. The molecule has 0 aliphatic heterocycles. The van der Waals surface area contributed by atoms with Crippen molar-refractivity contribution in [3.63, 3.8) is 0 Å². The second-order valence-corrected chi connectivity index (χ2v) is 6.64. The molecule has 1 unspecified atom stereocenters. The molecular weight excluding hydrogens is 336 g/mol. The summed E-state index contributed by atoms with van der Waals surface area (Å²) < 4.78 is 6.26. The van der Waals surface area contributed by atoms with E-state index in [0.29, 0.717) is 6.04 Å². The van der Waals surface area contributed by atoms with Gasteiger partial charge in [-0.2, -0.15) is 0 Å². The molecule has 0 fully saturated rings. The minimum atomic E-state index is 0.386. The van der Waals surface area contributed by atoms with E-state index in [1.54, 1.807) is 18.4 Å². The number of methoxy groups -OCH3 is 1. The van der Waals surface area contributed by atoms with Crippen LogP contribution in [0.1, 0.15) is 16.3 Å². The van der Waals surface area contributed by atoms with E-state index in [1.165, 1.54) is 11.3 Å². The molecular formula is C15H19BrN2OS. The fraction of sp³-hybridized carbons (Fsp3) is 0.400. The molecule has 2 aromatic rings. The van der Waals surface area contributed by atoms with Crippen LogP contribution in [0.3, 0.4) is 0 Å². The summed E-state index contributed by atoms with van der Waals surface area (Å²) in [5.41, 5.74) is 2.45. The van der Waals surface area contributed by atoms with Crippen molar-refractivity contribution in [2.75, 3.05) is 14.2 Å². The molecule has 1 atom stereocenters. The van der Waals surface area contributed by atoms with Crippen LogP contribution in [0.5, 0.6) is 5.75 Å². The first-order valence-corrected chi connectivity index (χ1v) is 8.20. The Morgan fingerprint density at radius 1 is 1.40 bits per heavy atom. The molecule has 0 radical (unpaired) electrons. The number of rotatable bonds is 6. The zero-order chi connectivity index (χ0) is 14.5. The Morgan fingerprint density at radius 2 is 2.20 bits per heavy atom. The lowest BCUT2D eigenvalue weighted by molar-refractivity contribution is 0.412. The highest BCUT2D eigenvalue weighted by Gasteiger charge is 2.11. The van der Waals surface area contributed by atoms with Crippen LogP contribution in [-0.2, 0) is 12.8 Å². The lowest BCUT2D eigenvalue weighted by Gasteiger charge is -2.16. The van der Waals surface area contributed by atoms with Gasteiger partial charge in [0.1, 0.15) is 5.75 Å². The van der Waals surface area contributed by atoms with Crippen molar-refractivity contribution in [2.45, 2.75) is 25.8 Å². The number of nitrogens with one attached hydrogen (secondary N) is 1. The Labute approximate surface area is 132 Å². The number of aryl methyl sites for hydroxylation is 1. The molecule has 0 saturated carbocycles. The Bertz CT molecular complexity index is 571. The van der Waals surface area contributed by atoms with Crippen molar-refractivity contribution in [2.24, 2.45) is 0 Å². The standard InChI is InChI=1S/C15H19BrN2OS/c1-10-18-13(9-20-10)8-12(17-2)6-11-4-5-15(19-3)14(16)7-11/h4-5,7,9,12,17H,6,8H2,1-3H3. The maximum atomic E-state index is 5.26. The van der Waals surface area contributed by atoms with Crippen LogP contribution in [0, 0.1) is 6.92 Å². The number of benzene rings is 1. The van der Waals surface area contributed by atoms with Crippen molar-refractivity contribution in [1.29, 1.82) is 0 Å². The van der Waals surface area contributed by atoms with Crippen LogP contribution in [0.2, 0.25) is 0 Å². The summed E-state index contributed by atoms with van der Waals surface area (Å²) in [4.78, 5) is 4.53. The first-order chi connectivity index (χ1) is 9.62. The van der Waals surface area contributed by atoms with Gasteiger partial charge in [0.25, 0.3) is 0 Å². The largest absolute Gasteiger partial charge is 0.496 e. The van der Waals surface area contributed by atoms with Crippen LogP contribution in [0.15, 0.2) is 28.1 Å². The van der Waals surface area contributed by atoms with E-state index in [2.05, 4.69) is 43.7 Å². The number of likely N-dealkylation sites (N-methyl/N-ethyl adjacent to an activating group) is 1. The molecule has 0 bridgehead atoms. The van der Waals surface area contributed by atoms with E-state index in [1.807, 2.05) is 20.0 Å². The van der Waals surface area contributed by atoms with E-state index >= 15 is 0 Å². The van der Waals surface area contributed by atoms with E-state index < -0.39 is 0 Å². The van der Waals surface area contributed by atoms with Crippen LogP contribution in [-0.4, -0.2) is 25.2 Å². The molecule has 3 nitrogen and oxygen atoms in total. The Balaban J connectivity index is 2.04. The summed E-state index contributed by atoms with van der Waals surface area (Å²) in [6.45, 7) is 2.04. The van der Waals surface area contributed by atoms with Gasteiger partial charge in [-0.05, 0) is 54.0 Å². The smallest absolute Gasteiger partial charge is 0.133 e. The molecule has 0 aliphatic carbocycles. The molecule has 1 aromatic carbocycles. The molecule has 0 amide bonds. The van der Waals surface area contributed by atoms with Gasteiger partial charge in [-0.3, -0.25) is 0 Å². The Kier molecular flexibility index (Phi) is 5.57. The zero-order valence-electron chi connectivity index (χ0n) is 11.9. The quantitative estimate of drug-likeness (QED) is 0.860. The van der Waals surface area contributed by atoms with Gasteiger partial charge in [0.05, 0.1) is 22.3 Å². The highest BCUT2D eigenvalue weighted by atomic mass is 79.9. The minimum Gasteiger partial charge on any atom is -0.496 e. The molecule has 20 heavy (non-hydrogen) atoms. The first-order valence-electron chi connectivity index (χ1n) is 6.53. The molecule has 0 aliphatic rings. The van der Waals surface area contributed by atoms with Gasteiger partial charge in [-0.15, -0.1) is 11.3 Å². The molecule has 108 valence electrons. The summed E-state index contributed by atoms with van der Waals surface area (Å²) in [6, 6.07) is 6.62. The van der Waals surface area contributed by atoms with Gasteiger partial charge in [-0.1, -0.05) is 6.07 Å². The van der Waals surface area contributed by atoms with E-state index in [0.717, 1.165) is 28.1 Å². The van der Waals surface area contributed by atoms with Crippen molar-refractivity contribution in [3.8, 4) is 5.75 Å². The Hall–Kier alpha value is -0.910. The van der Waals surface area contributed by atoms with Crippen LogP contribution >= 0.6 is 27.3 Å². The van der Waals surface area contributed by atoms with Crippen LogP contribution < -0.4 is 10.1 Å². The van der Waals surface area contributed by atoms with Gasteiger partial charge in [0.15, 0.2) is 0 Å². The Morgan fingerprint density at radius 3 is 2.75 bits per heavy atom. The maximum absolute atomic E-state index is 5.26. The number of hydrogen-bond acceptors (Lipinski definition) is 4. The maximum Gasteiger partial charge on any atom is 0.133 e. The highest BCUT2D eigenvalue weighted by molar-refractivity contribution is 9.10. The molecule has 0 spiro atoms. The third kappa shape index (κ3) is 4.04. The summed E-state index contributed by atoms with van der Waals surface area (Å²) in [5, 5.41) is 6.64. The number of nitrogens with zero attached hydrogens (tertiary/aromatic N) is 1. The van der Waals surface area contributed by atoms with Crippen molar-refractivity contribution >= 4 is 27.3 Å². The number of thiazole rings is 1. The lowest BCUT2D eigenvalue weighted by Crippen LogP contribution is -2.30. The summed E-state index contributed by atoms with van der Waals surface area (Å²) in [6.07, 6.45) is 1.92. The first kappa shape index (κ1) is 15.5. The van der Waals surface area contributed by atoms with Gasteiger partial charge < -0.3 is 10.1 Å². The topological polar surface area (TPSA) is 34.1 Å². The van der Waals surface area contributed by atoms with Crippen LogP contribution in [0.25, 0.3) is 0 Å². The van der Waals surface area contributed by atoms with Gasteiger partial charge >= 0.3 is 0 Å². The van der Waals surface area contributed by atoms with Crippen molar-refractivity contribution in [3.05, 3.63) is 44.3 Å². The van der Waals surface area contributed by atoms with E-state index in [-0.39, 0.29) is 0 Å². The summed E-state index contributed by atoms with van der Waals surface area (Å²) in [7, 11) is 3.68. The van der Waals surface area contributed by atoms with E-state index in [9.17, 15) is 0 Å². The SMILES string of the molecule is CNC(Cc1ccc(OC)c(Br)c1)Cc1csc(C)n1. The molecule has 2 rings (SSSR count). The number of hydrogen-bond donors (Lipinski definition) is 1. The van der Waals surface area contributed by atoms with Gasteiger partial charge in [-0.25, -0.2) is 4.98 Å². The molecule has 0 saturated heterocycles. The van der Waals surface area contributed by atoms with Crippen molar-refractivity contribution < 1.29 is 4.74 Å². The number of halogens is 1. The van der Waals surface area contributed by atoms with Gasteiger partial charge in [0.2, 0.25) is 0 Å². The molecule has 1 aromatic heterocycles. The normalized spacial score (nSPS) is 12.4. The predicted octanol–water partition coefficient (Wildman–Crippen LogP) is 3.60. The summed E-state index contributed by atoms with van der Waals surface area (Å²) >= 11 is 5.24. The second kappa shape index (κ2) is 7.20. The predicted molar refractivity (Wildman–Crippen MR) is 87.8 cm³/mol. The zero-order valence-corrected chi connectivity index (χ0v) is 14.3. The number of ether oxygens (including phenoxy) is 1. The molecule has 1 heterocycles. The average molecular weight is 355 g/mol. The lowest BCUT2D eigenvalue weighted by atomic mass is 10.0. The monoisotopic (exact) mass is 354 g/mol. The third-order valence-corrected chi connectivity index (χ3v) is 4.67. The fourth-order valence-electron chi connectivity index (χ4n) is 2.15. The second-order valence-electron chi connectivity index (χ2n) is 4.72. The molecule has 1 N–H and O–H groups in total. The fourth-order valence-corrected chi connectivity index (χ4v) is 3.37. The third-order valence-electron chi connectivity index (χ3n) is 3.23. The molecule has 5 heteroatoms. The van der Waals surface area contributed by atoms with Crippen LogP contribution in [0.4, 0.5) is 0 Å². The highest BCUT2D eigenvalue weighted by Crippen LogP contribution is 2.26. The average Bonchev–Trinajstić information content (AvgIpc) is 2.83. The minimum absolute atomic E-state index is 0.386. The van der Waals surface area contributed by atoms with Crippen molar-refractivity contribution in [1.82, 2.24) is 10.3 Å².